The Morgan fingerprint density at radius 1 is 1.53 bits per heavy atom. The highest BCUT2D eigenvalue weighted by molar-refractivity contribution is 6.06. The van der Waals surface area contributed by atoms with E-state index in [2.05, 4.69) is 4.74 Å². The molecule has 1 fully saturated rings. The SMILES string of the molecule is BN(C)C(C(=O)OC#N)C1CCCCC1. The van der Waals surface area contributed by atoms with E-state index in [1.54, 1.807) is 0 Å². The largest absolute Gasteiger partial charge is 0.350 e. The fourth-order valence-electron chi connectivity index (χ4n) is 2.38. The summed E-state index contributed by atoms with van der Waals surface area (Å²) in [6.45, 7) is 0. The van der Waals surface area contributed by atoms with Crippen molar-refractivity contribution in [2.75, 3.05) is 7.05 Å². The fraction of sp³-hybridized carbons (Fsp3) is 0.800. The topological polar surface area (TPSA) is 53.3 Å². The second-order valence-corrected chi connectivity index (χ2v) is 4.32. The summed E-state index contributed by atoms with van der Waals surface area (Å²) in [5.41, 5.74) is 0. The van der Waals surface area contributed by atoms with Crippen LogP contribution in [0.3, 0.4) is 0 Å². The molecule has 0 aromatic rings. The summed E-state index contributed by atoms with van der Waals surface area (Å²) in [7, 11) is 3.72. The molecular formula is C10H17BN2O2. The van der Waals surface area contributed by atoms with Gasteiger partial charge in [-0.2, -0.15) is 0 Å². The summed E-state index contributed by atoms with van der Waals surface area (Å²) in [5, 5.41) is 8.35. The van der Waals surface area contributed by atoms with Gasteiger partial charge in [-0.05, 0) is 25.8 Å². The monoisotopic (exact) mass is 208 g/mol. The van der Waals surface area contributed by atoms with Crippen LogP contribution in [0.25, 0.3) is 0 Å². The van der Waals surface area contributed by atoms with E-state index in [0.29, 0.717) is 5.92 Å². The van der Waals surface area contributed by atoms with Crippen molar-refractivity contribution in [1.82, 2.24) is 4.81 Å². The summed E-state index contributed by atoms with van der Waals surface area (Å²) in [6.07, 6.45) is 7.19. The average Bonchev–Trinajstić information content (AvgIpc) is 2.19. The van der Waals surface area contributed by atoms with E-state index >= 15 is 0 Å². The van der Waals surface area contributed by atoms with Gasteiger partial charge in [-0.3, -0.25) is 0 Å². The van der Waals surface area contributed by atoms with E-state index in [1.807, 2.05) is 19.8 Å². The third kappa shape index (κ3) is 3.24. The molecule has 82 valence electrons. The summed E-state index contributed by atoms with van der Waals surface area (Å²) < 4.78 is 4.44. The zero-order chi connectivity index (χ0) is 11.3. The van der Waals surface area contributed by atoms with E-state index in [1.165, 1.54) is 25.5 Å². The maximum absolute atomic E-state index is 11.6. The predicted octanol–water partition coefficient (Wildman–Crippen LogP) is 0.439. The normalized spacial score (nSPS) is 19.5. The van der Waals surface area contributed by atoms with Crippen LogP contribution in [0.1, 0.15) is 32.1 Å². The molecule has 0 bridgehead atoms. The van der Waals surface area contributed by atoms with Crippen LogP contribution >= 0.6 is 0 Å². The van der Waals surface area contributed by atoms with Gasteiger partial charge in [-0.25, -0.2) is 4.79 Å². The molecule has 0 aromatic carbocycles. The molecule has 5 heteroatoms. The lowest BCUT2D eigenvalue weighted by molar-refractivity contribution is -0.143. The number of rotatable bonds is 3. The number of esters is 1. The molecule has 0 radical (unpaired) electrons. The van der Waals surface area contributed by atoms with Gasteiger partial charge in [0.05, 0.1) is 0 Å². The molecule has 0 heterocycles. The minimum absolute atomic E-state index is 0.259. The quantitative estimate of drug-likeness (QED) is 0.383. The number of carbonyl (C=O) groups excluding carboxylic acids is 1. The van der Waals surface area contributed by atoms with Crippen molar-refractivity contribution >= 4 is 14.0 Å². The standard InChI is InChI=1S/C10H17BN2O2/c1-13(11)9(10(14)15-7-12)8-5-3-2-4-6-8/h8-9H,2-6,11H2,1H3. The van der Waals surface area contributed by atoms with Crippen molar-refractivity contribution in [2.24, 2.45) is 5.92 Å². The first-order valence-electron chi connectivity index (χ1n) is 5.43. The van der Waals surface area contributed by atoms with Gasteiger partial charge in [-0.1, -0.05) is 19.3 Å². The Bertz CT molecular complexity index is 257. The Balaban J connectivity index is 2.64. The van der Waals surface area contributed by atoms with Crippen LogP contribution in [0.2, 0.25) is 0 Å². The summed E-state index contributed by atoms with van der Waals surface area (Å²) in [6, 6.07) is -0.259. The molecule has 1 rings (SSSR count). The number of nitrogens with zero attached hydrogens (tertiary/aromatic N) is 2. The van der Waals surface area contributed by atoms with Crippen LogP contribution < -0.4 is 0 Å². The van der Waals surface area contributed by atoms with Crippen molar-refractivity contribution in [3.8, 4) is 6.26 Å². The van der Waals surface area contributed by atoms with E-state index in [9.17, 15) is 4.79 Å². The molecule has 0 saturated heterocycles. The molecule has 1 aliphatic rings. The number of nitriles is 1. The Labute approximate surface area is 91.6 Å². The Morgan fingerprint density at radius 2 is 2.13 bits per heavy atom. The molecule has 0 amide bonds. The second-order valence-electron chi connectivity index (χ2n) is 4.32. The Hall–Kier alpha value is -1.02. The highest BCUT2D eigenvalue weighted by Gasteiger charge is 2.32. The molecule has 0 aliphatic heterocycles. The maximum Gasteiger partial charge on any atom is 0.338 e. The van der Waals surface area contributed by atoms with Crippen LogP contribution in [0, 0.1) is 17.4 Å². The molecule has 4 nitrogen and oxygen atoms in total. The molecule has 15 heavy (non-hydrogen) atoms. The first kappa shape index (κ1) is 12.1. The van der Waals surface area contributed by atoms with Crippen molar-refractivity contribution in [3.63, 3.8) is 0 Å². The van der Waals surface area contributed by atoms with Gasteiger partial charge in [0, 0.05) is 0 Å². The lowest BCUT2D eigenvalue weighted by Crippen LogP contribution is -2.44. The van der Waals surface area contributed by atoms with Gasteiger partial charge in [0.15, 0.2) is 7.98 Å². The van der Waals surface area contributed by atoms with Crippen LogP contribution in [-0.4, -0.2) is 31.9 Å². The lowest BCUT2D eigenvalue weighted by atomic mass is 9.82. The number of ether oxygens (including phenoxy) is 1. The number of carbonyl (C=O) groups is 1. The summed E-state index contributed by atoms with van der Waals surface area (Å²) >= 11 is 0. The van der Waals surface area contributed by atoms with Crippen molar-refractivity contribution in [1.29, 1.82) is 5.26 Å². The molecule has 0 aromatic heterocycles. The van der Waals surface area contributed by atoms with Crippen LogP contribution in [0.4, 0.5) is 0 Å². The van der Waals surface area contributed by atoms with Crippen molar-refractivity contribution in [3.05, 3.63) is 0 Å². The van der Waals surface area contributed by atoms with Crippen LogP contribution in [0.5, 0.6) is 0 Å². The lowest BCUT2D eigenvalue weighted by Gasteiger charge is -2.32. The number of hydrogen-bond donors (Lipinski definition) is 0. The summed E-state index contributed by atoms with van der Waals surface area (Å²) in [4.78, 5) is 13.5. The molecular weight excluding hydrogens is 191 g/mol. The first-order chi connectivity index (χ1) is 7.16. The fourth-order valence-corrected chi connectivity index (χ4v) is 2.38. The Morgan fingerprint density at radius 3 is 2.60 bits per heavy atom. The smallest absolute Gasteiger partial charge is 0.338 e. The zero-order valence-corrected chi connectivity index (χ0v) is 9.40. The highest BCUT2D eigenvalue weighted by atomic mass is 16.5. The second kappa shape index (κ2) is 5.77. The molecule has 0 spiro atoms. The van der Waals surface area contributed by atoms with Gasteiger partial charge in [0.25, 0.3) is 6.26 Å². The van der Waals surface area contributed by atoms with Crippen LogP contribution in [-0.2, 0) is 9.53 Å². The molecule has 1 saturated carbocycles. The van der Waals surface area contributed by atoms with Crippen LogP contribution in [0.15, 0.2) is 0 Å². The third-order valence-corrected chi connectivity index (χ3v) is 3.04. The van der Waals surface area contributed by atoms with Gasteiger partial charge >= 0.3 is 5.97 Å². The van der Waals surface area contributed by atoms with Gasteiger partial charge in [0.2, 0.25) is 0 Å². The zero-order valence-electron chi connectivity index (χ0n) is 9.40. The van der Waals surface area contributed by atoms with E-state index < -0.39 is 5.97 Å². The number of hydrogen-bond acceptors (Lipinski definition) is 4. The molecule has 1 unspecified atom stereocenters. The first-order valence-corrected chi connectivity index (χ1v) is 5.43. The minimum atomic E-state index is -0.408. The molecule has 1 aliphatic carbocycles. The predicted molar refractivity (Wildman–Crippen MR) is 58.4 cm³/mol. The summed E-state index contributed by atoms with van der Waals surface area (Å²) in [5.74, 6) is -0.0657. The third-order valence-electron chi connectivity index (χ3n) is 3.04. The Kier molecular flexibility index (Phi) is 4.63. The molecule has 0 N–H and O–H groups in total. The maximum atomic E-state index is 11.6. The molecule has 1 atom stereocenters. The highest BCUT2D eigenvalue weighted by Crippen LogP contribution is 2.28. The number of likely N-dealkylation sites (N-methyl/N-ethyl adjacent to an activating group) is 1. The minimum Gasteiger partial charge on any atom is -0.350 e. The van der Waals surface area contributed by atoms with Gasteiger partial charge < -0.3 is 9.55 Å². The van der Waals surface area contributed by atoms with E-state index in [0.717, 1.165) is 12.8 Å². The average molecular weight is 208 g/mol. The van der Waals surface area contributed by atoms with E-state index in [4.69, 9.17) is 5.26 Å². The van der Waals surface area contributed by atoms with Gasteiger partial charge in [-0.15, -0.1) is 5.26 Å². The van der Waals surface area contributed by atoms with Crippen molar-refractivity contribution in [2.45, 2.75) is 38.1 Å². The van der Waals surface area contributed by atoms with E-state index in [-0.39, 0.29) is 6.04 Å². The van der Waals surface area contributed by atoms with Gasteiger partial charge in [0.1, 0.15) is 6.04 Å². The van der Waals surface area contributed by atoms with Crippen molar-refractivity contribution < 1.29 is 9.53 Å².